The molecule has 0 aromatic heterocycles. The van der Waals surface area contributed by atoms with Gasteiger partial charge < -0.3 is 15.4 Å². The number of fused-ring (bicyclic) bond motifs is 1. The second kappa shape index (κ2) is 5.89. The highest BCUT2D eigenvalue weighted by atomic mass is 16.6. The minimum atomic E-state index is -0.718. The predicted molar refractivity (Wildman–Crippen MR) is 87.5 cm³/mol. The first-order chi connectivity index (χ1) is 10.1. The number of amides is 1. The van der Waals surface area contributed by atoms with Crippen molar-refractivity contribution >= 4 is 6.09 Å². The summed E-state index contributed by atoms with van der Waals surface area (Å²) in [5.41, 5.74) is 7.72. The number of hydrogen-bond acceptors (Lipinski definition) is 4. The largest absolute Gasteiger partial charge is 0.444 e. The molecule has 0 radical (unpaired) electrons. The maximum atomic E-state index is 12.5. The Hall–Kier alpha value is -1.59. The van der Waals surface area contributed by atoms with Crippen LogP contribution in [0.1, 0.15) is 31.9 Å². The van der Waals surface area contributed by atoms with Crippen molar-refractivity contribution in [2.24, 2.45) is 5.73 Å². The summed E-state index contributed by atoms with van der Waals surface area (Å²) in [7, 11) is 3.88. The first-order valence-corrected chi connectivity index (χ1v) is 7.66. The predicted octanol–water partition coefficient (Wildman–Crippen LogP) is 2.15. The molecule has 0 bridgehead atoms. The lowest BCUT2D eigenvalue weighted by Gasteiger charge is -2.39. The van der Waals surface area contributed by atoms with Gasteiger partial charge in [0.2, 0.25) is 0 Å². The number of nitrogens with zero attached hydrogens (tertiary/aromatic N) is 2. The van der Waals surface area contributed by atoms with Crippen molar-refractivity contribution in [3.05, 3.63) is 35.4 Å². The van der Waals surface area contributed by atoms with Crippen molar-refractivity contribution in [3.8, 4) is 0 Å². The van der Waals surface area contributed by atoms with Crippen molar-refractivity contribution < 1.29 is 9.53 Å². The average molecular weight is 305 g/mol. The van der Waals surface area contributed by atoms with Gasteiger partial charge >= 0.3 is 6.09 Å². The van der Waals surface area contributed by atoms with Gasteiger partial charge in [-0.2, -0.15) is 0 Å². The van der Waals surface area contributed by atoms with Gasteiger partial charge in [-0.3, -0.25) is 4.90 Å². The Labute approximate surface area is 133 Å². The van der Waals surface area contributed by atoms with Gasteiger partial charge in [-0.25, -0.2) is 4.79 Å². The number of hydrogen-bond donors (Lipinski definition) is 1. The topological polar surface area (TPSA) is 58.8 Å². The second-order valence-electron chi connectivity index (χ2n) is 7.13. The number of rotatable bonds is 1. The van der Waals surface area contributed by atoms with Crippen molar-refractivity contribution in [1.29, 1.82) is 0 Å². The van der Waals surface area contributed by atoms with Crippen molar-refractivity contribution in [1.82, 2.24) is 9.80 Å². The van der Waals surface area contributed by atoms with Gasteiger partial charge in [-0.05, 0) is 52.4 Å². The number of ether oxygens (including phenoxy) is 1. The Morgan fingerprint density at radius 1 is 1.32 bits per heavy atom. The molecule has 1 aromatic rings. The molecule has 2 N–H and O–H groups in total. The molecule has 1 aliphatic heterocycles. The zero-order valence-electron chi connectivity index (χ0n) is 14.2. The van der Waals surface area contributed by atoms with Gasteiger partial charge in [0.25, 0.3) is 0 Å². The molecule has 0 fully saturated rings. The van der Waals surface area contributed by atoms with Crippen LogP contribution in [-0.4, -0.2) is 48.7 Å². The molecule has 5 nitrogen and oxygen atoms in total. The molecule has 0 aliphatic carbocycles. The van der Waals surface area contributed by atoms with E-state index in [0.29, 0.717) is 13.1 Å². The van der Waals surface area contributed by atoms with Crippen molar-refractivity contribution in [2.75, 3.05) is 27.2 Å². The van der Waals surface area contributed by atoms with Crippen LogP contribution in [0.4, 0.5) is 4.79 Å². The third-order valence-electron chi connectivity index (χ3n) is 4.02. The summed E-state index contributed by atoms with van der Waals surface area (Å²) in [6, 6.07) is 8.14. The van der Waals surface area contributed by atoms with Gasteiger partial charge in [0.15, 0.2) is 0 Å². The standard InChI is InChI=1S/C17H27N3O2/c1-16(2,3)22-15(21)20-11-10-13-8-6-7-9-14(13)17(18,12-20)19(4)5/h6-9H,10-12,18H2,1-5H3. The third kappa shape index (κ3) is 3.42. The molecular formula is C17H27N3O2. The molecule has 22 heavy (non-hydrogen) atoms. The molecule has 1 amide bonds. The van der Waals surface area contributed by atoms with Crippen LogP contribution < -0.4 is 5.73 Å². The minimum absolute atomic E-state index is 0.308. The van der Waals surface area contributed by atoms with Crippen molar-refractivity contribution in [3.63, 3.8) is 0 Å². The number of carbonyl (C=O) groups is 1. The van der Waals surface area contributed by atoms with Gasteiger partial charge in [0.1, 0.15) is 11.3 Å². The summed E-state index contributed by atoms with van der Waals surface area (Å²) >= 11 is 0. The highest BCUT2D eigenvalue weighted by molar-refractivity contribution is 5.68. The van der Waals surface area contributed by atoms with Gasteiger partial charge in [-0.1, -0.05) is 24.3 Å². The normalized spacial score (nSPS) is 22.2. The fourth-order valence-corrected chi connectivity index (χ4v) is 2.74. The van der Waals surface area contributed by atoms with Crippen LogP contribution in [0.5, 0.6) is 0 Å². The number of likely N-dealkylation sites (N-methyl/N-ethyl adjacent to an activating group) is 1. The Morgan fingerprint density at radius 3 is 2.55 bits per heavy atom. The van der Waals surface area contributed by atoms with Crippen LogP contribution in [0.25, 0.3) is 0 Å². The molecule has 2 rings (SSSR count). The van der Waals surface area contributed by atoms with E-state index in [0.717, 1.165) is 12.0 Å². The van der Waals surface area contributed by atoms with Crippen LogP contribution in [0.3, 0.4) is 0 Å². The summed E-state index contributed by atoms with van der Waals surface area (Å²) in [5.74, 6) is 0. The number of benzene rings is 1. The molecule has 0 saturated heterocycles. The summed E-state index contributed by atoms with van der Waals surface area (Å²) in [6.45, 7) is 6.64. The summed E-state index contributed by atoms with van der Waals surface area (Å²) < 4.78 is 5.52. The zero-order chi connectivity index (χ0) is 16.5. The molecule has 0 spiro atoms. The lowest BCUT2D eigenvalue weighted by molar-refractivity contribution is 0.0123. The second-order valence-corrected chi connectivity index (χ2v) is 7.13. The Kier molecular flexibility index (Phi) is 4.49. The molecule has 5 heteroatoms. The van der Waals surface area contributed by atoms with E-state index in [9.17, 15) is 4.79 Å². The first kappa shape index (κ1) is 16.8. The van der Waals surface area contributed by atoms with E-state index < -0.39 is 11.3 Å². The fraction of sp³-hybridized carbons (Fsp3) is 0.588. The highest BCUT2D eigenvalue weighted by Crippen LogP contribution is 2.29. The van der Waals surface area contributed by atoms with E-state index in [2.05, 4.69) is 6.07 Å². The van der Waals surface area contributed by atoms with Gasteiger partial charge in [0, 0.05) is 6.54 Å². The average Bonchev–Trinajstić information content (AvgIpc) is 2.56. The van der Waals surface area contributed by atoms with Crippen LogP contribution in [0.2, 0.25) is 0 Å². The molecule has 1 aliphatic rings. The summed E-state index contributed by atoms with van der Waals surface area (Å²) in [4.78, 5) is 16.1. The van der Waals surface area contributed by atoms with Crippen LogP contribution in [0.15, 0.2) is 24.3 Å². The van der Waals surface area contributed by atoms with Crippen LogP contribution in [0, 0.1) is 0 Å². The van der Waals surface area contributed by atoms with E-state index >= 15 is 0 Å². The smallest absolute Gasteiger partial charge is 0.410 e. The minimum Gasteiger partial charge on any atom is -0.444 e. The van der Waals surface area contributed by atoms with E-state index in [-0.39, 0.29) is 6.09 Å². The molecule has 1 heterocycles. The molecule has 0 saturated carbocycles. The number of carbonyl (C=O) groups excluding carboxylic acids is 1. The van der Waals surface area contributed by atoms with Crippen LogP contribution in [-0.2, 0) is 16.8 Å². The monoisotopic (exact) mass is 305 g/mol. The van der Waals surface area contributed by atoms with E-state index in [1.807, 2.05) is 58.0 Å². The Morgan fingerprint density at radius 2 is 1.95 bits per heavy atom. The third-order valence-corrected chi connectivity index (χ3v) is 4.02. The van der Waals surface area contributed by atoms with E-state index in [1.54, 1.807) is 4.90 Å². The highest BCUT2D eigenvalue weighted by Gasteiger charge is 2.38. The molecular weight excluding hydrogens is 278 g/mol. The quantitative estimate of drug-likeness (QED) is 0.808. The summed E-state index contributed by atoms with van der Waals surface area (Å²) in [6.07, 6.45) is 0.472. The Balaban J connectivity index is 2.33. The zero-order valence-corrected chi connectivity index (χ0v) is 14.2. The van der Waals surface area contributed by atoms with E-state index in [4.69, 9.17) is 10.5 Å². The molecule has 1 atom stereocenters. The van der Waals surface area contributed by atoms with Gasteiger partial charge in [-0.15, -0.1) is 0 Å². The molecule has 1 aromatic carbocycles. The molecule has 1 unspecified atom stereocenters. The lowest BCUT2D eigenvalue weighted by atomic mass is 9.93. The maximum Gasteiger partial charge on any atom is 0.410 e. The first-order valence-electron chi connectivity index (χ1n) is 7.66. The summed E-state index contributed by atoms with van der Waals surface area (Å²) in [5, 5.41) is 0. The van der Waals surface area contributed by atoms with Gasteiger partial charge in [0.05, 0.1) is 6.54 Å². The number of nitrogens with two attached hydrogens (primary N) is 1. The van der Waals surface area contributed by atoms with Crippen molar-refractivity contribution in [2.45, 2.75) is 38.5 Å². The maximum absolute atomic E-state index is 12.5. The Bertz CT molecular complexity index is 551. The van der Waals surface area contributed by atoms with Crippen LogP contribution >= 0.6 is 0 Å². The van der Waals surface area contributed by atoms with E-state index in [1.165, 1.54) is 5.56 Å². The SMILES string of the molecule is CN(C)C1(N)CN(C(=O)OC(C)(C)C)CCc2ccccc21. The fourth-order valence-electron chi connectivity index (χ4n) is 2.74. The molecule has 122 valence electrons. The lowest BCUT2D eigenvalue weighted by Crippen LogP contribution is -2.57.